The predicted octanol–water partition coefficient (Wildman–Crippen LogP) is 2.00. The van der Waals surface area contributed by atoms with E-state index in [0.717, 1.165) is 17.7 Å². The first-order valence-electron chi connectivity index (χ1n) is 8.18. The van der Waals surface area contributed by atoms with Gasteiger partial charge in [0.1, 0.15) is 0 Å². The predicted molar refractivity (Wildman–Crippen MR) is 92.5 cm³/mol. The molecular formula is C18H13F2N5O3. The molecule has 8 nitrogen and oxygen atoms in total. The van der Waals surface area contributed by atoms with Gasteiger partial charge in [0.05, 0.1) is 12.2 Å². The molecule has 0 aliphatic carbocycles. The van der Waals surface area contributed by atoms with Crippen LogP contribution in [0.5, 0.6) is 11.5 Å². The molecule has 0 fully saturated rings. The third-order valence-corrected chi connectivity index (χ3v) is 3.93. The van der Waals surface area contributed by atoms with Crippen LogP contribution in [0.25, 0.3) is 11.8 Å². The van der Waals surface area contributed by atoms with Crippen molar-refractivity contribution in [2.24, 2.45) is 0 Å². The molecule has 1 N–H and O–H groups in total. The Kier molecular flexibility index (Phi) is 4.67. The zero-order valence-electron chi connectivity index (χ0n) is 14.3. The fraction of sp³-hybridized carbons (Fsp3) is 0.111. The van der Waals surface area contributed by atoms with E-state index in [0.29, 0.717) is 11.5 Å². The monoisotopic (exact) mass is 385 g/mol. The van der Waals surface area contributed by atoms with Crippen LogP contribution in [0.3, 0.4) is 0 Å². The number of carbonyl (C=O) groups is 1. The van der Waals surface area contributed by atoms with Crippen LogP contribution in [-0.4, -0.2) is 32.9 Å². The Bertz CT molecular complexity index is 1070. The van der Waals surface area contributed by atoms with Gasteiger partial charge in [-0.2, -0.15) is 4.68 Å². The first kappa shape index (κ1) is 17.6. The number of benzene rings is 2. The standard InChI is InChI=1S/C18H13F2N5O3/c19-13-4-3-12(8-14(13)20)25-17(22-23-24-25)9-21-18(26)6-2-11-1-5-15-16(7-11)28-10-27-15/h1-8H,9-10H2,(H,21,26). The fourth-order valence-corrected chi connectivity index (χ4v) is 2.55. The van der Waals surface area contributed by atoms with E-state index < -0.39 is 11.6 Å². The number of amides is 1. The van der Waals surface area contributed by atoms with E-state index in [1.807, 2.05) is 0 Å². The fourth-order valence-electron chi connectivity index (χ4n) is 2.55. The number of nitrogens with zero attached hydrogens (tertiary/aromatic N) is 4. The maximum absolute atomic E-state index is 13.4. The molecular weight excluding hydrogens is 372 g/mol. The van der Waals surface area contributed by atoms with Gasteiger partial charge >= 0.3 is 0 Å². The number of fused-ring (bicyclic) bond motifs is 1. The lowest BCUT2D eigenvalue weighted by molar-refractivity contribution is -0.116. The van der Waals surface area contributed by atoms with Gasteiger partial charge in [0.15, 0.2) is 29.0 Å². The summed E-state index contributed by atoms with van der Waals surface area (Å²) in [7, 11) is 0. The van der Waals surface area contributed by atoms with Crippen molar-refractivity contribution < 1.29 is 23.0 Å². The highest BCUT2D eigenvalue weighted by Crippen LogP contribution is 2.32. The van der Waals surface area contributed by atoms with E-state index in [9.17, 15) is 13.6 Å². The Labute approximate surface area is 157 Å². The molecule has 0 unspecified atom stereocenters. The summed E-state index contributed by atoms with van der Waals surface area (Å²) in [4.78, 5) is 12.1. The number of carbonyl (C=O) groups excluding carboxylic acids is 1. The van der Waals surface area contributed by atoms with Gasteiger partial charge in [-0.25, -0.2) is 8.78 Å². The van der Waals surface area contributed by atoms with Crippen LogP contribution < -0.4 is 14.8 Å². The smallest absolute Gasteiger partial charge is 0.244 e. The molecule has 142 valence electrons. The van der Waals surface area contributed by atoms with Crippen molar-refractivity contribution in [3.63, 3.8) is 0 Å². The second kappa shape index (κ2) is 7.43. The maximum atomic E-state index is 13.4. The third kappa shape index (κ3) is 3.65. The lowest BCUT2D eigenvalue weighted by Gasteiger charge is -2.05. The Balaban J connectivity index is 1.40. The summed E-state index contributed by atoms with van der Waals surface area (Å²) < 4.78 is 38.2. The number of hydrogen-bond donors (Lipinski definition) is 1. The van der Waals surface area contributed by atoms with Crippen LogP contribution >= 0.6 is 0 Å². The average Bonchev–Trinajstić information content (AvgIpc) is 3.35. The van der Waals surface area contributed by atoms with Crippen LogP contribution in [-0.2, 0) is 11.3 Å². The molecule has 0 bridgehead atoms. The molecule has 1 aromatic heterocycles. The Morgan fingerprint density at radius 1 is 1.14 bits per heavy atom. The van der Waals surface area contributed by atoms with E-state index >= 15 is 0 Å². The summed E-state index contributed by atoms with van der Waals surface area (Å²) in [5.74, 6) is -0.831. The van der Waals surface area contributed by atoms with Gasteiger partial charge in [0.25, 0.3) is 0 Å². The quantitative estimate of drug-likeness (QED) is 0.676. The molecule has 2 heterocycles. The summed E-state index contributed by atoms with van der Waals surface area (Å²) in [5, 5.41) is 13.7. The van der Waals surface area contributed by atoms with Gasteiger partial charge < -0.3 is 14.8 Å². The number of aromatic nitrogens is 4. The van der Waals surface area contributed by atoms with E-state index in [1.165, 1.54) is 16.8 Å². The molecule has 28 heavy (non-hydrogen) atoms. The van der Waals surface area contributed by atoms with E-state index in [4.69, 9.17) is 9.47 Å². The zero-order valence-corrected chi connectivity index (χ0v) is 14.3. The molecule has 0 radical (unpaired) electrons. The summed E-state index contributed by atoms with van der Waals surface area (Å²) in [5.41, 5.74) is 1.01. The van der Waals surface area contributed by atoms with Gasteiger partial charge in [-0.3, -0.25) is 4.79 Å². The largest absolute Gasteiger partial charge is 0.454 e. The van der Waals surface area contributed by atoms with Gasteiger partial charge in [0, 0.05) is 12.1 Å². The number of nitrogens with one attached hydrogen (secondary N) is 1. The molecule has 3 aromatic rings. The Morgan fingerprint density at radius 2 is 2.00 bits per heavy atom. The van der Waals surface area contributed by atoms with Crippen molar-refractivity contribution in [1.82, 2.24) is 25.5 Å². The van der Waals surface area contributed by atoms with E-state index in [-0.39, 0.29) is 30.8 Å². The van der Waals surface area contributed by atoms with Crippen molar-refractivity contribution in [3.05, 3.63) is 65.5 Å². The molecule has 0 atom stereocenters. The highest BCUT2D eigenvalue weighted by molar-refractivity contribution is 5.91. The van der Waals surface area contributed by atoms with Crippen LogP contribution in [0.2, 0.25) is 0 Å². The second-order valence-electron chi connectivity index (χ2n) is 5.77. The van der Waals surface area contributed by atoms with Crippen LogP contribution in [0.15, 0.2) is 42.5 Å². The summed E-state index contributed by atoms with van der Waals surface area (Å²) in [6.07, 6.45) is 2.97. The van der Waals surface area contributed by atoms with E-state index in [1.54, 1.807) is 24.3 Å². The number of halogens is 2. The SMILES string of the molecule is O=C(C=Cc1ccc2c(c1)OCO2)NCc1nnnn1-c1ccc(F)c(F)c1. The third-order valence-electron chi connectivity index (χ3n) is 3.93. The first-order valence-corrected chi connectivity index (χ1v) is 8.18. The maximum Gasteiger partial charge on any atom is 0.244 e. The minimum atomic E-state index is -1.02. The highest BCUT2D eigenvalue weighted by atomic mass is 19.2. The number of tetrazole rings is 1. The van der Waals surface area contributed by atoms with Crippen molar-refractivity contribution in [3.8, 4) is 17.2 Å². The normalized spacial score (nSPS) is 12.5. The van der Waals surface area contributed by atoms with Crippen molar-refractivity contribution in [1.29, 1.82) is 0 Å². The Morgan fingerprint density at radius 3 is 2.86 bits per heavy atom. The van der Waals surface area contributed by atoms with Crippen LogP contribution in [0, 0.1) is 11.6 Å². The molecule has 0 saturated carbocycles. The average molecular weight is 385 g/mol. The zero-order chi connectivity index (χ0) is 19.5. The lowest BCUT2D eigenvalue weighted by Crippen LogP contribution is -2.22. The van der Waals surface area contributed by atoms with Gasteiger partial charge in [-0.1, -0.05) is 6.07 Å². The molecule has 10 heteroatoms. The van der Waals surface area contributed by atoms with Gasteiger partial charge in [-0.15, -0.1) is 5.10 Å². The summed E-state index contributed by atoms with van der Waals surface area (Å²) >= 11 is 0. The summed E-state index contributed by atoms with van der Waals surface area (Å²) in [6, 6.07) is 8.59. The molecule has 1 amide bonds. The molecule has 0 spiro atoms. The molecule has 1 aliphatic heterocycles. The van der Waals surface area contributed by atoms with Crippen LogP contribution in [0.4, 0.5) is 8.78 Å². The van der Waals surface area contributed by atoms with Gasteiger partial charge in [0.2, 0.25) is 12.7 Å². The van der Waals surface area contributed by atoms with Crippen LogP contribution in [0.1, 0.15) is 11.4 Å². The first-order chi connectivity index (χ1) is 13.6. The second-order valence-corrected chi connectivity index (χ2v) is 5.77. The molecule has 4 rings (SSSR count). The molecule has 2 aromatic carbocycles. The molecule has 0 saturated heterocycles. The number of hydrogen-bond acceptors (Lipinski definition) is 6. The van der Waals surface area contributed by atoms with Crippen molar-refractivity contribution in [2.75, 3.05) is 6.79 Å². The minimum absolute atomic E-state index is 0.00366. The lowest BCUT2D eigenvalue weighted by atomic mass is 10.2. The van der Waals surface area contributed by atoms with Crippen molar-refractivity contribution >= 4 is 12.0 Å². The number of rotatable bonds is 5. The number of ether oxygens (including phenoxy) is 2. The van der Waals surface area contributed by atoms with Gasteiger partial charge in [-0.05, 0) is 46.3 Å². The Hall–Kier alpha value is -3.82. The summed E-state index contributed by atoms with van der Waals surface area (Å²) in [6.45, 7) is 0.173. The highest BCUT2D eigenvalue weighted by Gasteiger charge is 2.13. The topological polar surface area (TPSA) is 91.2 Å². The minimum Gasteiger partial charge on any atom is -0.454 e. The van der Waals surface area contributed by atoms with Crippen molar-refractivity contribution in [2.45, 2.75) is 6.54 Å². The molecule has 1 aliphatic rings. The van der Waals surface area contributed by atoms with E-state index in [2.05, 4.69) is 20.8 Å².